The zero-order valence-corrected chi connectivity index (χ0v) is 24.2. The molecule has 0 bridgehead atoms. The lowest BCUT2D eigenvalue weighted by Gasteiger charge is -2.15. The molecule has 0 radical (unpaired) electrons. The van der Waals surface area contributed by atoms with E-state index in [2.05, 4.69) is 40.8 Å². The Kier molecular flexibility index (Phi) is 6.91. The molecule has 1 fully saturated rings. The second kappa shape index (κ2) is 10.8. The van der Waals surface area contributed by atoms with Gasteiger partial charge in [-0.2, -0.15) is 13.2 Å². The third kappa shape index (κ3) is 5.12. The summed E-state index contributed by atoms with van der Waals surface area (Å²) in [6.07, 6.45) is -2.36. The Morgan fingerprint density at radius 3 is 2.49 bits per heavy atom. The maximum Gasteiger partial charge on any atom is 0.400 e. The third-order valence-corrected chi connectivity index (χ3v) is 8.88. The molecule has 4 heterocycles. The number of aryl methyl sites for hydroxylation is 1. The van der Waals surface area contributed by atoms with Gasteiger partial charge in [-0.1, -0.05) is 54.5 Å². The van der Waals surface area contributed by atoms with Gasteiger partial charge in [-0.15, -0.1) is 16.4 Å². The number of benzodiazepines with no additional fused rings is 1. The smallest absolute Gasteiger partial charge is 0.400 e. The number of nitrogens with one attached hydrogen (secondary N) is 2. The van der Waals surface area contributed by atoms with E-state index in [1.165, 1.54) is 24.5 Å². The molecule has 0 unspecified atom stereocenters. The Labute approximate surface area is 256 Å². The normalized spacial score (nSPS) is 17.2. The SMILES string of the molecule is CCc1ncc(-c2sc(C3(C(F)(F)F)CC3)nc2-c2nnc(N[C@@H]3N=C(c4ccccc4)c4cccc(F)c4NC3=O)o2)cn1. The molecule has 1 aliphatic carbocycles. The molecule has 3 aromatic heterocycles. The number of carbonyl (C=O) groups excluding carboxylic acids is 1. The highest BCUT2D eigenvalue weighted by Gasteiger charge is 2.66. The number of hydrogen-bond donors (Lipinski definition) is 2. The zero-order valence-electron chi connectivity index (χ0n) is 23.4. The van der Waals surface area contributed by atoms with Crippen LogP contribution in [0.4, 0.5) is 29.3 Å². The van der Waals surface area contributed by atoms with Gasteiger partial charge >= 0.3 is 12.2 Å². The summed E-state index contributed by atoms with van der Waals surface area (Å²) in [5.41, 5.74) is -0.252. The Hall–Kier alpha value is -5.05. The van der Waals surface area contributed by atoms with Gasteiger partial charge in [0.05, 0.1) is 16.3 Å². The molecular formula is C30H22F4N8O2S. The van der Waals surface area contributed by atoms with E-state index < -0.39 is 29.5 Å². The molecule has 0 saturated heterocycles. The van der Waals surface area contributed by atoms with Gasteiger partial charge in [0.2, 0.25) is 6.17 Å². The van der Waals surface area contributed by atoms with Crippen LogP contribution in [0.2, 0.25) is 0 Å². The molecule has 2 aromatic carbocycles. The van der Waals surface area contributed by atoms with Crippen molar-refractivity contribution < 1.29 is 26.8 Å². The summed E-state index contributed by atoms with van der Waals surface area (Å²) in [4.78, 5) is 31.1. The fraction of sp³-hybridized carbons (Fsp3) is 0.233. The number of rotatable bonds is 7. The first-order valence-electron chi connectivity index (χ1n) is 13.9. The molecule has 228 valence electrons. The number of benzene rings is 2. The summed E-state index contributed by atoms with van der Waals surface area (Å²) in [5, 5.41) is 13.2. The average molecular weight is 635 g/mol. The molecule has 10 nitrogen and oxygen atoms in total. The molecule has 5 aromatic rings. The maximum atomic E-state index is 14.8. The number of fused-ring (bicyclic) bond motifs is 1. The summed E-state index contributed by atoms with van der Waals surface area (Å²) in [6, 6.07) is 13.1. The number of para-hydroxylation sites is 1. The van der Waals surface area contributed by atoms with Crippen LogP contribution in [0.5, 0.6) is 0 Å². The lowest BCUT2D eigenvalue weighted by molar-refractivity contribution is -0.160. The first-order valence-corrected chi connectivity index (χ1v) is 14.7. The predicted molar refractivity (Wildman–Crippen MR) is 157 cm³/mol. The van der Waals surface area contributed by atoms with E-state index in [0.29, 0.717) is 39.5 Å². The van der Waals surface area contributed by atoms with E-state index in [9.17, 15) is 22.4 Å². The minimum Gasteiger partial charge on any atom is -0.402 e. The van der Waals surface area contributed by atoms with Crippen molar-refractivity contribution in [2.24, 2.45) is 4.99 Å². The highest BCUT2D eigenvalue weighted by Crippen LogP contribution is 2.61. The summed E-state index contributed by atoms with van der Waals surface area (Å²) in [6.45, 7) is 1.88. The van der Waals surface area contributed by atoms with E-state index in [1.807, 2.05) is 13.0 Å². The number of alkyl halides is 3. The number of hydrogen-bond acceptors (Lipinski definition) is 10. The summed E-state index contributed by atoms with van der Waals surface area (Å²) in [7, 11) is 0. The van der Waals surface area contributed by atoms with Crippen LogP contribution in [0.15, 0.2) is 70.3 Å². The standard InChI is InChI=1S/C30H22F4N8O2S/c1-2-19-35-13-16(14-36-19)23-22(39-27(45-23)29(11-12-29)30(32,33)34)26-41-42-28(44-26)40-24-25(43)38-21-17(9-6-10-18(21)31)20(37-24)15-7-4-3-5-8-15/h3-10,13-14,24H,2,11-12H2,1H3,(H,38,43)(H,40,42)/t24-/m0/s1. The third-order valence-electron chi connectivity index (χ3n) is 7.57. The number of carbonyl (C=O) groups is 1. The molecule has 1 aliphatic heterocycles. The van der Waals surface area contributed by atoms with Crippen LogP contribution in [-0.2, 0) is 16.6 Å². The fourth-order valence-corrected chi connectivity index (χ4v) is 6.28. The van der Waals surface area contributed by atoms with E-state index in [1.54, 1.807) is 30.3 Å². The van der Waals surface area contributed by atoms with Gasteiger partial charge < -0.3 is 15.1 Å². The van der Waals surface area contributed by atoms with E-state index in [-0.39, 0.29) is 41.1 Å². The van der Waals surface area contributed by atoms with Crippen molar-refractivity contribution in [3.8, 4) is 22.0 Å². The predicted octanol–water partition coefficient (Wildman–Crippen LogP) is 6.17. The number of aliphatic imine (C=N–C) groups is 1. The van der Waals surface area contributed by atoms with Gasteiger partial charge in [0.1, 0.15) is 27.8 Å². The van der Waals surface area contributed by atoms with Crippen molar-refractivity contribution in [2.75, 3.05) is 10.6 Å². The Bertz CT molecular complexity index is 1940. The molecule has 1 amide bonds. The monoisotopic (exact) mass is 634 g/mol. The molecule has 0 spiro atoms. The quantitative estimate of drug-likeness (QED) is 0.203. The molecule has 15 heteroatoms. The number of amides is 1. The second-order valence-electron chi connectivity index (χ2n) is 10.5. The molecule has 1 saturated carbocycles. The highest BCUT2D eigenvalue weighted by atomic mass is 32.1. The molecule has 45 heavy (non-hydrogen) atoms. The van der Waals surface area contributed by atoms with Crippen LogP contribution in [0.1, 0.15) is 41.7 Å². The largest absolute Gasteiger partial charge is 0.402 e. The number of nitrogens with zero attached hydrogens (tertiary/aromatic N) is 6. The van der Waals surface area contributed by atoms with E-state index in [0.717, 1.165) is 11.3 Å². The fourth-order valence-electron chi connectivity index (χ4n) is 4.98. The molecule has 2 N–H and O–H groups in total. The van der Waals surface area contributed by atoms with Gasteiger partial charge in [-0.25, -0.2) is 24.3 Å². The number of halogens is 4. The van der Waals surface area contributed by atoms with Crippen LogP contribution in [0, 0.1) is 5.82 Å². The lowest BCUT2D eigenvalue weighted by Crippen LogP contribution is -2.32. The van der Waals surface area contributed by atoms with Crippen molar-refractivity contribution >= 4 is 34.7 Å². The summed E-state index contributed by atoms with van der Waals surface area (Å²) in [5.74, 6) is -0.941. The number of anilines is 2. The van der Waals surface area contributed by atoms with Crippen molar-refractivity contribution in [1.82, 2.24) is 25.1 Å². The zero-order chi connectivity index (χ0) is 31.3. The van der Waals surface area contributed by atoms with Gasteiger partial charge in [-0.3, -0.25) is 4.79 Å². The average Bonchev–Trinajstić information content (AvgIpc) is 3.59. The van der Waals surface area contributed by atoms with Gasteiger partial charge in [0.15, 0.2) is 0 Å². The van der Waals surface area contributed by atoms with Crippen LogP contribution >= 0.6 is 11.3 Å². The maximum absolute atomic E-state index is 14.8. The summed E-state index contributed by atoms with van der Waals surface area (Å²) >= 11 is 0.877. The highest BCUT2D eigenvalue weighted by molar-refractivity contribution is 7.15. The lowest BCUT2D eigenvalue weighted by atomic mass is 10.0. The number of aromatic nitrogens is 5. The second-order valence-corrected chi connectivity index (χ2v) is 11.5. The van der Waals surface area contributed by atoms with Crippen molar-refractivity contribution in [3.63, 3.8) is 0 Å². The van der Waals surface area contributed by atoms with Gasteiger partial charge in [0, 0.05) is 35.5 Å². The minimum absolute atomic E-state index is 0.0322. The van der Waals surface area contributed by atoms with Crippen molar-refractivity contribution in [3.05, 3.63) is 88.7 Å². The van der Waals surface area contributed by atoms with Crippen LogP contribution in [0.3, 0.4) is 0 Å². The van der Waals surface area contributed by atoms with Crippen LogP contribution in [0.25, 0.3) is 22.0 Å². The Morgan fingerprint density at radius 2 is 1.80 bits per heavy atom. The first-order chi connectivity index (χ1) is 21.7. The summed E-state index contributed by atoms with van der Waals surface area (Å²) < 4.78 is 62.8. The van der Waals surface area contributed by atoms with Gasteiger partial charge in [0.25, 0.3) is 11.8 Å². The Morgan fingerprint density at radius 1 is 1.04 bits per heavy atom. The van der Waals surface area contributed by atoms with E-state index >= 15 is 0 Å². The van der Waals surface area contributed by atoms with Crippen LogP contribution in [-0.4, -0.2) is 49.1 Å². The molecular weight excluding hydrogens is 612 g/mol. The first kappa shape index (κ1) is 28.7. The number of thiazole rings is 1. The van der Waals surface area contributed by atoms with Gasteiger partial charge in [-0.05, 0) is 18.9 Å². The topological polar surface area (TPSA) is 131 Å². The van der Waals surface area contributed by atoms with Crippen LogP contribution < -0.4 is 10.6 Å². The molecule has 1 atom stereocenters. The Balaban J connectivity index is 1.26. The molecule has 2 aliphatic rings. The van der Waals surface area contributed by atoms with Crippen molar-refractivity contribution in [2.45, 2.75) is 43.9 Å². The van der Waals surface area contributed by atoms with E-state index in [4.69, 9.17) is 4.42 Å². The molecule has 7 rings (SSSR count). The minimum atomic E-state index is -4.48. The van der Waals surface area contributed by atoms with Crippen molar-refractivity contribution in [1.29, 1.82) is 0 Å².